The summed E-state index contributed by atoms with van der Waals surface area (Å²) in [5.74, 6) is 0.631. The summed E-state index contributed by atoms with van der Waals surface area (Å²) in [6.07, 6.45) is 2.86. The van der Waals surface area contributed by atoms with Gasteiger partial charge in [-0.15, -0.1) is 0 Å². The molecule has 0 radical (unpaired) electrons. The standard InChI is InChI=1S/C20H20O6/c1-23-15-7-4-14(5-8-15)6-11-20(22)26-13-18(21)17-12-16(24-2)9-10-19(17)25-3/h4-12H,13H2,1-3H3/b11-6+. The summed E-state index contributed by atoms with van der Waals surface area (Å²) < 4.78 is 20.3. The molecule has 0 heterocycles. The van der Waals surface area contributed by atoms with Crippen LogP contribution < -0.4 is 14.2 Å². The molecule has 0 aliphatic carbocycles. The lowest BCUT2D eigenvalue weighted by molar-refractivity contribution is -0.136. The van der Waals surface area contributed by atoms with Crippen molar-refractivity contribution in [3.8, 4) is 17.2 Å². The highest BCUT2D eigenvalue weighted by Crippen LogP contribution is 2.24. The molecule has 0 atom stereocenters. The van der Waals surface area contributed by atoms with E-state index in [-0.39, 0.29) is 5.78 Å². The number of esters is 1. The minimum Gasteiger partial charge on any atom is -0.497 e. The first-order chi connectivity index (χ1) is 12.6. The molecule has 2 aromatic carbocycles. The van der Waals surface area contributed by atoms with Crippen molar-refractivity contribution in [3.05, 3.63) is 59.7 Å². The highest BCUT2D eigenvalue weighted by atomic mass is 16.5. The van der Waals surface area contributed by atoms with Crippen LogP contribution in [0.2, 0.25) is 0 Å². The number of carbonyl (C=O) groups is 2. The molecule has 0 saturated carbocycles. The summed E-state index contributed by atoms with van der Waals surface area (Å²) in [6.45, 7) is -0.394. The van der Waals surface area contributed by atoms with Crippen LogP contribution in [-0.2, 0) is 9.53 Å². The molecule has 6 heteroatoms. The van der Waals surface area contributed by atoms with E-state index in [1.165, 1.54) is 20.3 Å². The summed E-state index contributed by atoms with van der Waals surface area (Å²) in [5.41, 5.74) is 1.10. The van der Waals surface area contributed by atoms with Crippen LogP contribution in [0, 0.1) is 0 Å². The van der Waals surface area contributed by atoms with Crippen molar-refractivity contribution in [2.24, 2.45) is 0 Å². The monoisotopic (exact) mass is 356 g/mol. The Bertz CT molecular complexity index is 792. The quantitative estimate of drug-likeness (QED) is 0.411. The normalized spacial score (nSPS) is 10.4. The predicted octanol–water partition coefficient (Wildman–Crippen LogP) is 3.15. The van der Waals surface area contributed by atoms with Crippen molar-refractivity contribution < 1.29 is 28.5 Å². The van der Waals surface area contributed by atoms with Crippen LogP contribution in [0.5, 0.6) is 17.2 Å². The summed E-state index contributed by atoms with van der Waals surface area (Å²) in [7, 11) is 4.54. The largest absolute Gasteiger partial charge is 0.497 e. The van der Waals surface area contributed by atoms with Gasteiger partial charge in [0.1, 0.15) is 17.2 Å². The van der Waals surface area contributed by atoms with Crippen LogP contribution in [0.1, 0.15) is 15.9 Å². The lowest BCUT2D eigenvalue weighted by atomic mass is 10.1. The average Bonchev–Trinajstić information content (AvgIpc) is 2.70. The Hall–Kier alpha value is -3.28. The number of rotatable bonds is 8. The Labute approximate surface area is 151 Å². The molecule has 0 bridgehead atoms. The Balaban J connectivity index is 1.96. The van der Waals surface area contributed by atoms with Gasteiger partial charge in [0.15, 0.2) is 6.61 Å². The van der Waals surface area contributed by atoms with Crippen LogP contribution in [0.15, 0.2) is 48.5 Å². The molecule has 2 rings (SSSR count). The first-order valence-corrected chi connectivity index (χ1v) is 7.81. The fraction of sp³-hybridized carbons (Fsp3) is 0.200. The van der Waals surface area contributed by atoms with E-state index in [2.05, 4.69) is 0 Å². The van der Waals surface area contributed by atoms with Gasteiger partial charge in [0.05, 0.1) is 26.9 Å². The van der Waals surface area contributed by atoms with Crippen LogP contribution >= 0.6 is 0 Å². The molecule has 0 aliphatic rings. The summed E-state index contributed by atoms with van der Waals surface area (Å²) in [4.78, 5) is 24.1. The van der Waals surface area contributed by atoms with Gasteiger partial charge < -0.3 is 18.9 Å². The summed E-state index contributed by atoms with van der Waals surface area (Å²) in [6, 6.07) is 12.0. The van der Waals surface area contributed by atoms with Crippen molar-refractivity contribution in [1.29, 1.82) is 0 Å². The first-order valence-electron chi connectivity index (χ1n) is 7.81. The Morgan fingerprint density at radius 3 is 2.15 bits per heavy atom. The molecule has 0 saturated heterocycles. The molecule has 2 aromatic rings. The third kappa shape index (κ3) is 5.11. The van der Waals surface area contributed by atoms with Crippen molar-refractivity contribution in [3.63, 3.8) is 0 Å². The molecule has 0 aromatic heterocycles. The first kappa shape index (κ1) is 19.1. The van der Waals surface area contributed by atoms with Crippen molar-refractivity contribution >= 4 is 17.8 Å². The molecule has 0 aliphatic heterocycles. The third-order valence-corrected chi connectivity index (χ3v) is 3.58. The van der Waals surface area contributed by atoms with E-state index in [9.17, 15) is 9.59 Å². The highest BCUT2D eigenvalue weighted by molar-refractivity contribution is 6.01. The van der Waals surface area contributed by atoms with Crippen LogP contribution in [0.3, 0.4) is 0 Å². The maximum atomic E-state index is 12.3. The number of ketones is 1. The van der Waals surface area contributed by atoms with E-state index in [1.807, 2.05) is 0 Å². The second-order valence-electron chi connectivity index (χ2n) is 5.20. The zero-order chi connectivity index (χ0) is 18.9. The van der Waals surface area contributed by atoms with Gasteiger partial charge in [0, 0.05) is 6.08 Å². The number of ether oxygens (including phenoxy) is 4. The summed E-state index contributed by atoms with van der Waals surface area (Å²) >= 11 is 0. The van der Waals surface area contributed by atoms with E-state index < -0.39 is 12.6 Å². The van der Waals surface area contributed by atoms with Crippen molar-refractivity contribution in [2.75, 3.05) is 27.9 Å². The number of methoxy groups -OCH3 is 3. The van der Waals surface area contributed by atoms with Gasteiger partial charge in [-0.05, 0) is 42.0 Å². The SMILES string of the molecule is COc1ccc(/C=C/C(=O)OCC(=O)c2cc(OC)ccc2OC)cc1. The van der Waals surface area contributed by atoms with Gasteiger partial charge in [0.25, 0.3) is 0 Å². The molecule has 0 spiro atoms. The zero-order valence-corrected chi connectivity index (χ0v) is 14.9. The molecule has 0 N–H and O–H groups in total. The van der Waals surface area contributed by atoms with Gasteiger partial charge in [0.2, 0.25) is 5.78 Å². The molecule has 6 nitrogen and oxygen atoms in total. The fourth-order valence-electron chi connectivity index (χ4n) is 2.17. The minimum absolute atomic E-state index is 0.291. The Morgan fingerprint density at radius 1 is 0.885 bits per heavy atom. The lowest BCUT2D eigenvalue weighted by Crippen LogP contribution is -2.13. The van der Waals surface area contributed by atoms with E-state index in [1.54, 1.807) is 55.7 Å². The maximum absolute atomic E-state index is 12.3. The average molecular weight is 356 g/mol. The van der Waals surface area contributed by atoms with Gasteiger partial charge in [-0.25, -0.2) is 4.79 Å². The van der Waals surface area contributed by atoms with Crippen LogP contribution in [-0.4, -0.2) is 39.7 Å². The van der Waals surface area contributed by atoms with E-state index in [4.69, 9.17) is 18.9 Å². The number of carbonyl (C=O) groups excluding carboxylic acids is 2. The molecule has 26 heavy (non-hydrogen) atoms. The molecular formula is C20H20O6. The second kappa shape index (κ2) is 9.27. The third-order valence-electron chi connectivity index (χ3n) is 3.58. The van der Waals surface area contributed by atoms with Gasteiger partial charge in [-0.1, -0.05) is 12.1 Å². The highest BCUT2D eigenvalue weighted by Gasteiger charge is 2.15. The Morgan fingerprint density at radius 2 is 1.54 bits per heavy atom. The van der Waals surface area contributed by atoms with E-state index in [0.717, 1.165) is 11.3 Å². The molecule has 0 fully saturated rings. The zero-order valence-electron chi connectivity index (χ0n) is 14.9. The van der Waals surface area contributed by atoms with Crippen LogP contribution in [0.4, 0.5) is 0 Å². The second-order valence-corrected chi connectivity index (χ2v) is 5.20. The van der Waals surface area contributed by atoms with Gasteiger partial charge in [-0.2, -0.15) is 0 Å². The van der Waals surface area contributed by atoms with Gasteiger partial charge in [-0.3, -0.25) is 4.79 Å². The van der Waals surface area contributed by atoms with Crippen molar-refractivity contribution in [2.45, 2.75) is 0 Å². The van der Waals surface area contributed by atoms with E-state index >= 15 is 0 Å². The number of hydrogen-bond acceptors (Lipinski definition) is 6. The smallest absolute Gasteiger partial charge is 0.331 e. The molecular weight excluding hydrogens is 336 g/mol. The van der Waals surface area contributed by atoms with Crippen molar-refractivity contribution in [1.82, 2.24) is 0 Å². The fourth-order valence-corrected chi connectivity index (χ4v) is 2.17. The summed E-state index contributed by atoms with van der Waals surface area (Å²) in [5, 5.41) is 0. The molecule has 0 amide bonds. The number of hydrogen-bond donors (Lipinski definition) is 0. The predicted molar refractivity (Wildman–Crippen MR) is 96.9 cm³/mol. The molecule has 0 unspecified atom stereocenters. The molecule has 136 valence electrons. The lowest BCUT2D eigenvalue weighted by Gasteiger charge is -2.09. The van der Waals surface area contributed by atoms with E-state index in [0.29, 0.717) is 17.1 Å². The number of Topliss-reactive ketones (excluding diaryl/α,β-unsaturated/α-hetero) is 1. The maximum Gasteiger partial charge on any atom is 0.331 e. The number of benzene rings is 2. The van der Waals surface area contributed by atoms with Crippen LogP contribution in [0.25, 0.3) is 6.08 Å². The minimum atomic E-state index is -0.615. The van der Waals surface area contributed by atoms with Gasteiger partial charge >= 0.3 is 5.97 Å². The Kier molecular flexibility index (Phi) is 6.79. The topological polar surface area (TPSA) is 71.1 Å².